The molecule has 146 valence electrons. The van der Waals surface area contributed by atoms with Gasteiger partial charge in [0.05, 0.1) is 17.6 Å². The Morgan fingerprint density at radius 2 is 1.93 bits per heavy atom. The highest BCUT2D eigenvalue weighted by molar-refractivity contribution is 7.89. The highest BCUT2D eigenvalue weighted by Crippen LogP contribution is 2.26. The maximum absolute atomic E-state index is 12.7. The van der Waals surface area contributed by atoms with Gasteiger partial charge >= 0.3 is 0 Å². The van der Waals surface area contributed by atoms with Gasteiger partial charge in [0.2, 0.25) is 10.0 Å². The van der Waals surface area contributed by atoms with Crippen molar-refractivity contribution in [1.82, 2.24) is 9.62 Å². The number of rotatable bonds is 6. The monoisotopic (exact) mass is 408 g/mol. The number of sulfonamides is 1. The highest BCUT2D eigenvalue weighted by atomic mass is 35.5. The summed E-state index contributed by atoms with van der Waals surface area (Å²) < 4.78 is 33.8. The van der Waals surface area contributed by atoms with Gasteiger partial charge in [-0.2, -0.15) is 0 Å². The third kappa shape index (κ3) is 5.09. The molecule has 1 N–H and O–H groups in total. The van der Waals surface area contributed by atoms with Crippen LogP contribution in [0.3, 0.4) is 0 Å². The van der Waals surface area contributed by atoms with Crippen LogP contribution in [0.5, 0.6) is 0 Å². The third-order valence-corrected chi connectivity index (χ3v) is 6.94. The predicted octanol–water partition coefficient (Wildman–Crippen LogP) is 3.14. The smallest absolute Gasteiger partial charge is 0.240 e. The zero-order valence-corrected chi connectivity index (χ0v) is 17.2. The number of aryl methyl sites for hydroxylation is 1. The molecule has 27 heavy (non-hydrogen) atoms. The van der Waals surface area contributed by atoms with Crippen molar-refractivity contribution in [3.8, 4) is 0 Å². The molecule has 0 amide bonds. The van der Waals surface area contributed by atoms with E-state index in [1.54, 1.807) is 19.1 Å². The number of nitrogens with one attached hydrogen (secondary N) is 1. The first-order chi connectivity index (χ1) is 12.9. The van der Waals surface area contributed by atoms with Gasteiger partial charge in [0.1, 0.15) is 0 Å². The van der Waals surface area contributed by atoms with Gasteiger partial charge in [-0.25, -0.2) is 13.1 Å². The molecule has 1 atom stereocenters. The quantitative estimate of drug-likeness (QED) is 0.797. The summed E-state index contributed by atoms with van der Waals surface area (Å²) in [7, 11) is -3.64. The average Bonchev–Trinajstić information content (AvgIpc) is 2.66. The van der Waals surface area contributed by atoms with Crippen LogP contribution < -0.4 is 4.72 Å². The fourth-order valence-electron chi connectivity index (χ4n) is 3.26. The number of morpholine rings is 1. The molecule has 0 bridgehead atoms. The number of halogens is 1. The van der Waals surface area contributed by atoms with E-state index in [-0.39, 0.29) is 17.5 Å². The Labute approximate surface area is 166 Å². The zero-order valence-electron chi connectivity index (χ0n) is 15.6. The number of benzene rings is 2. The minimum Gasteiger partial charge on any atom is -0.374 e. The Morgan fingerprint density at radius 3 is 2.67 bits per heavy atom. The highest BCUT2D eigenvalue weighted by Gasteiger charge is 2.24. The number of hydrogen-bond acceptors (Lipinski definition) is 4. The van der Waals surface area contributed by atoms with Crippen LogP contribution in [0.1, 0.15) is 16.7 Å². The zero-order chi connectivity index (χ0) is 19.4. The molecule has 1 saturated heterocycles. The van der Waals surface area contributed by atoms with E-state index in [4.69, 9.17) is 16.3 Å². The van der Waals surface area contributed by atoms with E-state index in [0.29, 0.717) is 23.7 Å². The average molecular weight is 409 g/mol. The van der Waals surface area contributed by atoms with Crippen molar-refractivity contribution in [3.63, 3.8) is 0 Å². The van der Waals surface area contributed by atoms with Crippen molar-refractivity contribution in [2.75, 3.05) is 26.2 Å². The Morgan fingerprint density at radius 1 is 1.19 bits per heavy atom. The lowest BCUT2D eigenvalue weighted by Crippen LogP contribution is -2.47. The maximum atomic E-state index is 12.7. The third-order valence-electron chi connectivity index (χ3n) is 4.79. The predicted molar refractivity (Wildman–Crippen MR) is 108 cm³/mol. The molecule has 1 aliphatic rings. The largest absolute Gasteiger partial charge is 0.374 e. The SMILES string of the molecule is Cc1ccc(S(=O)(=O)NCC2CN(Cc3ccccc3)CCO2)c(C)c1Cl. The van der Waals surface area contributed by atoms with Crippen LogP contribution >= 0.6 is 11.6 Å². The minimum absolute atomic E-state index is 0.182. The van der Waals surface area contributed by atoms with E-state index in [1.807, 2.05) is 25.1 Å². The lowest BCUT2D eigenvalue weighted by Gasteiger charge is -2.33. The minimum atomic E-state index is -3.64. The molecule has 0 saturated carbocycles. The van der Waals surface area contributed by atoms with E-state index in [9.17, 15) is 8.42 Å². The van der Waals surface area contributed by atoms with Crippen LogP contribution in [0.25, 0.3) is 0 Å². The molecule has 0 spiro atoms. The van der Waals surface area contributed by atoms with Gasteiger partial charge < -0.3 is 4.74 Å². The van der Waals surface area contributed by atoms with Crippen molar-refractivity contribution in [3.05, 3.63) is 64.2 Å². The van der Waals surface area contributed by atoms with Crippen molar-refractivity contribution in [2.45, 2.75) is 31.4 Å². The molecular weight excluding hydrogens is 384 g/mol. The van der Waals surface area contributed by atoms with Gasteiger partial charge in [-0.1, -0.05) is 48.0 Å². The molecule has 0 aromatic heterocycles. The molecule has 2 aromatic rings. The fourth-order valence-corrected chi connectivity index (χ4v) is 4.80. The van der Waals surface area contributed by atoms with Gasteiger partial charge in [-0.3, -0.25) is 4.90 Å². The topological polar surface area (TPSA) is 58.6 Å². The summed E-state index contributed by atoms with van der Waals surface area (Å²) in [5, 5.41) is 0.487. The van der Waals surface area contributed by atoms with Gasteiger partial charge in [0.25, 0.3) is 0 Å². The second kappa shape index (κ2) is 8.71. The van der Waals surface area contributed by atoms with Crippen molar-refractivity contribution in [1.29, 1.82) is 0 Å². The molecule has 3 rings (SSSR count). The molecule has 5 nitrogen and oxygen atoms in total. The van der Waals surface area contributed by atoms with E-state index >= 15 is 0 Å². The van der Waals surface area contributed by atoms with Crippen LogP contribution in [0.4, 0.5) is 0 Å². The first-order valence-electron chi connectivity index (χ1n) is 9.00. The second-order valence-electron chi connectivity index (χ2n) is 6.88. The molecule has 2 aromatic carbocycles. The van der Waals surface area contributed by atoms with Crippen LogP contribution in [0.2, 0.25) is 5.02 Å². The lowest BCUT2D eigenvalue weighted by atomic mass is 10.1. The Kier molecular flexibility index (Phi) is 6.55. The summed E-state index contributed by atoms with van der Waals surface area (Å²) in [4.78, 5) is 2.50. The second-order valence-corrected chi connectivity index (χ2v) is 9.00. The van der Waals surface area contributed by atoms with Crippen LogP contribution in [0, 0.1) is 13.8 Å². The summed E-state index contributed by atoms with van der Waals surface area (Å²) in [6.07, 6.45) is -0.182. The van der Waals surface area contributed by atoms with E-state index in [2.05, 4.69) is 21.8 Å². The van der Waals surface area contributed by atoms with Gasteiger partial charge in [0.15, 0.2) is 0 Å². The molecule has 7 heteroatoms. The van der Waals surface area contributed by atoms with Crippen LogP contribution in [-0.2, 0) is 21.3 Å². The molecular formula is C20H25ClN2O3S. The summed E-state index contributed by atoms with van der Waals surface area (Å²) >= 11 is 6.21. The number of nitrogens with zero attached hydrogens (tertiary/aromatic N) is 1. The summed E-state index contributed by atoms with van der Waals surface area (Å²) in [6.45, 7) is 6.77. The summed E-state index contributed by atoms with van der Waals surface area (Å²) in [5.41, 5.74) is 2.67. The first kappa shape index (κ1) is 20.3. The lowest BCUT2D eigenvalue weighted by molar-refractivity contribution is -0.0276. The van der Waals surface area contributed by atoms with E-state index in [1.165, 1.54) is 5.56 Å². The number of hydrogen-bond donors (Lipinski definition) is 1. The molecule has 1 unspecified atom stereocenters. The molecule has 1 aliphatic heterocycles. The van der Waals surface area contributed by atoms with Gasteiger partial charge in [0, 0.05) is 31.2 Å². The van der Waals surface area contributed by atoms with Crippen LogP contribution in [0.15, 0.2) is 47.4 Å². The molecule has 0 aliphatic carbocycles. The first-order valence-corrected chi connectivity index (χ1v) is 10.9. The maximum Gasteiger partial charge on any atom is 0.240 e. The number of ether oxygens (including phenoxy) is 1. The van der Waals surface area contributed by atoms with Crippen molar-refractivity contribution in [2.24, 2.45) is 0 Å². The van der Waals surface area contributed by atoms with Gasteiger partial charge in [-0.15, -0.1) is 0 Å². The van der Waals surface area contributed by atoms with Crippen molar-refractivity contribution >= 4 is 21.6 Å². The van der Waals surface area contributed by atoms with Crippen LogP contribution in [-0.4, -0.2) is 45.7 Å². The fraction of sp³-hybridized carbons (Fsp3) is 0.400. The normalized spacial score (nSPS) is 18.6. The Balaban J connectivity index is 1.61. The Bertz CT molecular complexity index is 888. The molecule has 1 fully saturated rings. The Hall–Kier alpha value is -1.44. The van der Waals surface area contributed by atoms with E-state index < -0.39 is 10.0 Å². The van der Waals surface area contributed by atoms with Crippen molar-refractivity contribution < 1.29 is 13.2 Å². The van der Waals surface area contributed by atoms with E-state index in [0.717, 1.165) is 18.7 Å². The molecule has 1 heterocycles. The summed E-state index contributed by atoms with van der Waals surface area (Å²) in [6, 6.07) is 13.6. The summed E-state index contributed by atoms with van der Waals surface area (Å²) in [5.74, 6) is 0. The van der Waals surface area contributed by atoms with Gasteiger partial charge in [-0.05, 0) is 36.6 Å². The molecule has 0 radical (unpaired) electrons. The standard InChI is InChI=1S/C20H25ClN2O3S/c1-15-8-9-19(16(2)20(15)21)27(24,25)22-12-18-14-23(10-11-26-18)13-17-6-4-3-5-7-17/h3-9,18,22H,10-14H2,1-2H3.